The Bertz CT molecular complexity index is 626. The quantitative estimate of drug-likeness (QED) is 0.498. The van der Waals surface area contributed by atoms with Gasteiger partial charge in [0.1, 0.15) is 11.5 Å². The lowest BCUT2D eigenvalue weighted by Gasteiger charge is -2.09. The summed E-state index contributed by atoms with van der Waals surface area (Å²) in [5, 5.41) is 0. The molecule has 2 rings (SSSR count). The van der Waals surface area contributed by atoms with Gasteiger partial charge < -0.3 is 20.9 Å². The van der Waals surface area contributed by atoms with Crippen molar-refractivity contribution in [2.45, 2.75) is 13.1 Å². The molecule has 0 bridgehead atoms. The Hall–Kier alpha value is -2.70. The van der Waals surface area contributed by atoms with E-state index in [4.69, 9.17) is 20.9 Å². The summed E-state index contributed by atoms with van der Waals surface area (Å²) in [4.78, 5) is 23.6. The monoisotopic (exact) mass is 300 g/mol. The lowest BCUT2D eigenvalue weighted by Crippen LogP contribution is -2.26. The van der Waals surface area contributed by atoms with Gasteiger partial charge in [-0.1, -0.05) is 36.4 Å². The van der Waals surface area contributed by atoms with Crippen LogP contribution in [0, 0.1) is 0 Å². The lowest BCUT2D eigenvalue weighted by atomic mass is 10.2. The first-order valence-electron chi connectivity index (χ1n) is 6.65. The topological polar surface area (TPSA) is 105 Å². The predicted molar refractivity (Wildman–Crippen MR) is 79.9 cm³/mol. The van der Waals surface area contributed by atoms with Crippen LogP contribution in [0.3, 0.4) is 0 Å². The van der Waals surface area contributed by atoms with Crippen molar-refractivity contribution in [3.63, 3.8) is 0 Å². The van der Waals surface area contributed by atoms with E-state index >= 15 is 0 Å². The van der Waals surface area contributed by atoms with Crippen molar-refractivity contribution < 1.29 is 19.1 Å². The van der Waals surface area contributed by atoms with Gasteiger partial charge in [0.15, 0.2) is 0 Å². The van der Waals surface area contributed by atoms with E-state index in [9.17, 15) is 9.59 Å². The van der Waals surface area contributed by atoms with Gasteiger partial charge >= 0.3 is 11.9 Å². The summed E-state index contributed by atoms with van der Waals surface area (Å²) in [5.74, 6) is -1.77. The van der Waals surface area contributed by atoms with Gasteiger partial charge in [-0.05, 0) is 12.1 Å². The molecule has 0 aromatic heterocycles. The molecule has 0 aliphatic heterocycles. The third kappa shape index (κ3) is 3.69. The van der Waals surface area contributed by atoms with Crippen molar-refractivity contribution in [1.82, 2.24) is 0 Å². The molecule has 6 heteroatoms. The fourth-order valence-electron chi connectivity index (χ4n) is 1.83. The van der Waals surface area contributed by atoms with Gasteiger partial charge in [0, 0.05) is 24.2 Å². The summed E-state index contributed by atoms with van der Waals surface area (Å²) in [5.41, 5.74) is 12.3. The molecule has 22 heavy (non-hydrogen) atoms. The summed E-state index contributed by atoms with van der Waals surface area (Å²) in [6.07, 6.45) is 0. The van der Waals surface area contributed by atoms with Gasteiger partial charge in [0.2, 0.25) is 0 Å². The van der Waals surface area contributed by atoms with E-state index in [0.29, 0.717) is 11.1 Å². The first-order chi connectivity index (χ1) is 10.7. The molecule has 0 atom stereocenters. The van der Waals surface area contributed by atoms with E-state index < -0.39 is 11.9 Å². The lowest BCUT2D eigenvalue weighted by molar-refractivity contribution is -0.156. The zero-order valence-electron chi connectivity index (χ0n) is 11.8. The maximum Gasteiger partial charge on any atom is 0.423 e. The minimum atomic E-state index is -1.12. The molecule has 0 unspecified atom stereocenters. The second-order valence-electron chi connectivity index (χ2n) is 4.40. The standard InChI is InChI=1S/C16H16N2O4/c17-9-11-5-1-3-7-13(11)21-15(19)16(20)22-14-8-4-2-6-12(14)10-18/h1-8H,9-10,17-18H2. The molecule has 4 N–H and O–H groups in total. The third-order valence-corrected chi connectivity index (χ3v) is 2.96. The summed E-state index contributed by atoms with van der Waals surface area (Å²) in [7, 11) is 0. The molecule has 2 aromatic carbocycles. The molecular weight excluding hydrogens is 284 g/mol. The minimum absolute atomic E-state index is 0.189. The summed E-state index contributed by atoms with van der Waals surface area (Å²) >= 11 is 0. The van der Waals surface area contributed by atoms with Crippen LogP contribution in [0.5, 0.6) is 11.5 Å². The summed E-state index contributed by atoms with van der Waals surface area (Å²) in [6.45, 7) is 0.378. The SMILES string of the molecule is NCc1ccccc1OC(=O)C(=O)Oc1ccccc1CN. The molecule has 0 saturated heterocycles. The van der Waals surface area contributed by atoms with Crippen LogP contribution in [0.1, 0.15) is 11.1 Å². The van der Waals surface area contributed by atoms with E-state index in [0.717, 1.165) is 0 Å². The number of ether oxygens (including phenoxy) is 2. The van der Waals surface area contributed by atoms with E-state index in [1.165, 1.54) is 0 Å². The van der Waals surface area contributed by atoms with E-state index in [1.807, 2.05) is 0 Å². The normalized spacial score (nSPS) is 10.1. The molecule has 0 saturated carbocycles. The van der Waals surface area contributed by atoms with Gasteiger partial charge in [-0.25, -0.2) is 9.59 Å². The first kappa shape index (κ1) is 15.7. The third-order valence-electron chi connectivity index (χ3n) is 2.96. The van der Waals surface area contributed by atoms with E-state index in [-0.39, 0.29) is 24.6 Å². The average molecular weight is 300 g/mol. The predicted octanol–water partition coefficient (Wildman–Crippen LogP) is 1.11. The number of hydrogen-bond donors (Lipinski definition) is 2. The van der Waals surface area contributed by atoms with E-state index in [1.54, 1.807) is 48.5 Å². The zero-order chi connectivity index (χ0) is 15.9. The van der Waals surface area contributed by atoms with E-state index in [2.05, 4.69) is 0 Å². The molecule has 2 aromatic rings. The molecule has 0 amide bonds. The number of carbonyl (C=O) groups is 2. The maximum absolute atomic E-state index is 11.8. The molecule has 0 heterocycles. The molecule has 0 aliphatic carbocycles. The van der Waals surface area contributed by atoms with Crippen LogP contribution >= 0.6 is 0 Å². The van der Waals surface area contributed by atoms with Gasteiger partial charge in [0.05, 0.1) is 0 Å². The first-order valence-corrected chi connectivity index (χ1v) is 6.65. The highest BCUT2D eigenvalue weighted by Gasteiger charge is 2.21. The molecule has 6 nitrogen and oxygen atoms in total. The number of rotatable bonds is 4. The van der Waals surface area contributed by atoms with Gasteiger partial charge in [-0.2, -0.15) is 0 Å². The summed E-state index contributed by atoms with van der Waals surface area (Å²) < 4.78 is 10.0. The largest absolute Gasteiger partial charge is 0.423 e. The average Bonchev–Trinajstić information content (AvgIpc) is 2.55. The van der Waals surface area contributed by atoms with Crippen LogP contribution in [-0.4, -0.2) is 11.9 Å². The van der Waals surface area contributed by atoms with Crippen molar-refractivity contribution in [3.8, 4) is 11.5 Å². The Balaban J connectivity index is 2.08. The Morgan fingerprint density at radius 3 is 1.45 bits per heavy atom. The Morgan fingerprint density at radius 2 is 1.09 bits per heavy atom. The number of para-hydroxylation sites is 2. The highest BCUT2D eigenvalue weighted by atomic mass is 16.6. The van der Waals surface area contributed by atoms with Gasteiger partial charge in [0.25, 0.3) is 0 Å². The number of hydrogen-bond acceptors (Lipinski definition) is 6. The Labute approximate surface area is 127 Å². The van der Waals surface area contributed by atoms with Crippen LogP contribution < -0.4 is 20.9 Å². The summed E-state index contributed by atoms with van der Waals surface area (Å²) in [6, 6.07) is 13.4. The van der Waals surface area contributed by atoms with Gasteiger partial charge in [-0.15, -0.1) is 0 Å². The number of nitrogens with two attached hydrogens (primary N) is 2. The van der Waals surface area contributed by atoms with Crippen molar-refractivity contribution >= 4 is 11.9 Å². The zero-order valence-corrected chi connectivity index (χ0v) is 11.8. The van der Waals surface area contributed by atoms with Crippen molar-refractivity contribution in [2.75, 3.05) is 0 Å². The second kappa shape index (κ2) is 7.35. The molecular formula is C16H16N2O4. The fraction of sp³-hybridized carbons (Fsp3) is 0.125. The Kier molecular flexibility index (Phi) is 5.24. The van der Waals surface area contributed by atoms with Crippen LogP contribution in [0.2, 0.25) is 0 Å². The smallest absolute Gasteiger partial charge is 0.418 e. The second-order valence-corrected chi connectivity index (χ2v) is 4.40. The number of benzene rings is 2. The van der Waals surface area contributed by atoms with Crippen LogP contribution in [-0.2, 0) is 22.7 Å². The molecule has 0 spiro atoms. The van der Waals surface area contributed by atoms with Crippen LogP contribution in [0.15, 0.2) is 48.5 Å². The fourth-order valence-corrected chi connectivity index (χ4v) is 1.83. The molecule has 0 aliphatic rings. The minimum Gasteiger partial charge on any atom is -0.418 e. The van der Waals surface area contributed by atoms with Crippen LogP contribution in [0.4, 0.5) is 0 Å². The highest BCUT2D eigenvalue weighted by Crippen LogP contribution is 2.19. The van der Waals surface area contributed by atoms with Crippen molar-refractivity contribution in [3.05, 3.63) is 59.7 Å². The molecule has 114 valence electrons. The van der Waals surface area contributed by atoms with Crippen LogP contribution in [0.25, 0.3) is 0 Å². The number of esters is 2. The van der Waals surface area contributed by atoms with Gasteiger partial charge in [-0.3, -0.25) is 0 Å². The maximum atomic E-state index is 11.8. The molecule has 0 radical (unpaired) electrons. The molecule has 0 fully saturated rings. The highest BCUT2D eigenvalue weighted by molar-refractivity contribution is 6.31. The van der Waals surface area contributed by atoms with Crippen molar-refractivity contribution in [2.24, 2.45) is 11.5 Å². The number of carbonyl (C=O) groups excluding carboxylic acids is 2. The van der Waals surface area contributed by atoms with Crippen molar-refractivity contribution in [1.29, 1.82) is 0 Å². The Morgan fingerprint density at radius 1 is 0.727 bits per heavy atom.